The number of hydrogen-bond acceptors (Lipinski definition) is 4. The molecular formula is C17H36N4. The molecule has 0 radical (unpaired) electrons. The maximum atomic E-state index is 3.79. The first-order valence-corrected chi connectivity index (χ1v) is 8.96. The maximum absolute atomic E-state index is 3.79. The zero-order valence-electron chi connectivity index (χ0n) is 14.5. The van der Waals surface area contributed by atoms with Crippen LogP contribution in [0.4, 0.5) is 0 Å². The average Bonchev–Trinajstić information content (AvgIpc) is 2.46. The molecule has 4 heteroatoms. The number of nitrogens with zero attached hydrogens (tertiary/aromatic N) is 3. The van der Waals surface area contributed by atoms with E-state index in [2.05, 4.69) is 41.0 Å². The van der Waals surface area contributed by atoms with Crippen molar-refractivity contribution >= 4 is 0 Å². The summed E-state index contributed by atoms with van der Waals surface area (Å²) >= 11 is 0. The van der Waals surface area contributed by atoms with Crippen LogP contribution in [0, 0.1) is 5.92 Å². The third kappa shape index (κ3) is 6.64. The summed E-state index contributed by atoms with van der Waals surface area (Å²) in [7, 11) is 4.32. The highest BCUT2D eigenvalue weighted by atomic mass is 15.3. The summed E-state index contributed by atoms with van der Waals surface area (Å²) in [5.74, 6) is 0.927. The molecule has 0 bridgehead atoms. The third-order valence-corrected chi connectivity index (χ3v) is 5.13. The second-order valence-electron chi connectivity index (χ2n) is 7.41. The summed E-state index contributed by atoms with van der Waals surface area (Å²) in [6, 6.07) is 0.787. The molecule has 124 valence electrons. The fourth-order valence-corrected chi connectivity index (χ4v) is 3.62. The van der Waals surface area contributed by atoms with Gasteiger partial charge >= 0.3 is 0 Å². The zero-order valence-corrected chi connectivity index (χ0v) is 14.5. The van der Waals surface area contributed by atoms with Gasteiger partial charge in [-0.1, -0.05) is 19.8 Å². The number of hydrogen-bond donors (Lipinski definition) is 1. The molecule has 1 heterocycles. The Hall–Kier alpha value is -0.160. The Morgan fingerprint density at radius 3 is 2.29 bits per heavy atom. The Morgan fingerprint density at radius 1 is 1.00 bits per heavy atom. The lowest BCUT2D eigenvalue weighted by molar-refractivity contribution is 0.124. The van der Waals surface area contributed by atoms with Gasteiger partial charge in [0.25, 0.3) is 0 Å². The highest BCUT2D eigenvalue weighted by molar-refractivity contribution is 4.77. The summed E-state index contributed by atoms with van der Waals surface area (Å²) in [5.41, 5.74) is 0. The van der Waals surface area contributed by atoms with Crippen molar-refractivity contribution in [2.45, 2.75) is 38.6 Å². The molecule has 0 aromatic carbocycles. The van der Waals surface area contributed by atoms with Crippen LogP contribution in [0.3, 0.4) is 0 Å². The Morgan fingerprint density at radius 2 is 1.67 bits per heavy atom. The lowest BCUT2D eigenvalue weighted by Gasteiger charge is -2.35. The Balaban J connectivity index is 1.52. The fourth-order valence-electron chi connectivity index (χ4n) is 3.62. The first kappa shape index (κ1) is 17.2. The van der Waals surface area contributed by atoms with Gasteiger partial charge in [-0.25, -0.2) is 0 Å². The van der Waals surface area contributed by atoms with Gasteiger partial charge in [-0.05, 0) is 32.9 Å². The van der Waals surface area contributed by atoms with E-state index >= 15 is 0 Å². The van der Waals surface area contributed by atoms with Gasteiger partial charge in [0.2, 0.25) is 0 Å². The quantitative estimate of drug-likeness (QED) is 0.765. The van der Waals surface area contributed by atoms with Crippen LogP contribution in [-0.2, 0) is 0 Å². The van der Waals surface area contributed by atoms with E-state index in [1.54, 1.807) is 0 Å². The smallest absolute Gasteiger partial charge is 0.0110 e. The topological polar surface area (TPSA) is 21.8 Å². The van der Waals surface area contributed by atoms with Crippen LogP contribution in [0.25, 0.3) is 0 Å². The van der Waals surface area contributed by atoms with Gasteiger partial charge in [0.1, 0.15) is 0 Å². The molecule has 1 aliphatic carbocycles. The molecule has 2 fully saturated rings. The van der Waals surface area contributed by atoms with Crippen molar-refractivity contribution in [1.82, 2.24) is 20.0 Å². The van der Waals surface area contributed by atoms with Crippen LogP contribution in [0.15, 0.2) is 0 Å². The van der Waals surface area contributed by atoms with E-state index in [0.29, 0.717) is 0 Å². The van der Waals surface area contributed by atoms with Crippen LogP contribution in [0.1, 0.15) is 32.6 Å². The van der Waals surface area contributed by atoms with Crippen LogP contribution in [0.2, 0.25) is 0 Å². The number of piperazine rings is 1. The van der Waals surface area contributed by atoms with Crippen molar-refractivity contribution < 1.29 is 0 Å². The molecule has 0 amide bonds. The number of rotatable bonds is 7. The molecule has 1 aliphatic heterocycles. The first-order valence-electron chi connectivity index (χ1n) is 8.96. The molecule has 0 spiro atoms. The lowest BCUT2D eigenvalue weighted by Crippen LogP contribution is -2.50. The Bertz CT molecular complexity index is 274. The molecule has 0 aromatic rings. The van der Waals surface area contributed by atoms with Crippen LogP contribution in [-0.4, -0.2) is 87.2 Å². The van der Waals surface area contributed by atoms with E-state index in [9.17, 15) is 0 Å². The summed E-state index contributed by atoms with van der Waals surface area (Å²) in [6.45, 7) is 12.2. The van der Waals surface area contributed by atoms with Gasteiger partial charge in [-0.3, -0.25) is 9.80 Å². The second kappa shape index (κ2) is 9.09. The normalized spacial score (nSPS) is 29.1. The molecule has 2 atom stereocenters. The summed E-state index contributed by atoms with van der Waals surface area (Å²) in [6.07, 6.45) is 5.64. The largest absolute Gasteiger partial charge is 0.313 e. The second-order valence-corrected chi connectivity index (χ2v) is 7.41. The first-order chi connectivity index (χ1) is 10.1. The van der Waals surface area contributed by atoms with Gasteiger partial charge in [0, 0.05) is 58.4 Å². The highest BCUT2D eigenvalue weighted by Gasteiger charge is 2.19. The zero-order chi connectivity index (χ0) is 15.1. The molecule has 0 aromatic heterocycles. The van der Waals surface area contributed by atoms with Crippen LogP contribution in [0.5, 0.6) is 0 Å². The molecule has 2 unspecified atom stereocenters. The molecule has 1 N–H and O–H groups in total. The monoisotopic (exact) mass is 296 g/mol. The SMILES string of the molecule is CC1CCCC(NCCN2CCN(CCN(C)C)CC2)C1. The van der Waals surface area contributed by atoms with Crippen molar-refractivity contribution in [3.8, 4) is 0 Å². The van der Waals surface area contributed by atoms with Crippen LogP contribution >= 0.6 is 0 Å². The Labute approximate surface area is 131 Å². The molecule has 4 nitrogen and oxygen atoms in total. The van der Waals surface area contributed by atoms with Gasteiger partial charge in [-0.2, -0.15) is 0 Å². The van der Waals surface area contributed by atoms with Crippen molar-refractivity contribution in [2.75, 3.05) is 66.5 Å². The lowest BCUT2D eigenvalue weighted by atomic mass is 9.87. The number of nitrogens with one attached hydrogen (secondary N) is 1. The summed E-state index contributed by atoms with van der Waals surface area (Å²) in [5, 5.41) is 3.79. The molecule has 1 saturated heterocycles. The predicted molar refractivity (Wildman–Crippen MR) is 90.9 cm³/mol. The molecular weight excluding hydrogens is 260 g/mol. The summed E-state index contributed by atoms with van der Waals surface area (Å²) in [4.78, 5) is 7.51. The van der Waals surface area contributed by atoms with Gasteiger partial charge in [0.15, 0.2) is 0 Å². The van der Waals surface area contributed by atoms with Crippen molar-refractivity contribution in [1.29, 1.82) is 0 Å². The molecule has 21 heavy (non-hydrogen) atoms. The standard InChI is InChI=1S/C17H36N4/c1-16-5-4-6-17(15-16)18-7-8-20-11-13-21(14-12-20)10-9-19(2)3/h16-18H,4-15H2,1-3H3. The predicted octanol–water partition coefficient (Wildman–Crippen LogP) is 1.33. The van der Waals surface area contributed by atoms with Gasteiger partial charge < -0.3 is 10.2 Å². The van der Waals surface area contributed by atoms with Crippen molar-refractivity contribution in [2.24, 2.45) is 5.92 Å². The molecule has 2 rings (SSSR count). The minimum atomic E-state index is 0.787. The molecule has 1 saturated carbocycles. The highest BCUT2D eigenvalue weighted by Crippen LogP contribution is 2.23. The summed E-state index contributed by atoms with van der Waals surface area (Å²) < 4.78 is 0. The van der Waals surface area contributed by atoms with Gasteiger partial charge in [0.05, 0.1) is 0 Å². The van der Waals surface area contributed by atoms with Crippen LogP contribution < -0.4 is 5.32 Å². The third-order valence-electron chi connectivity index (χ3n) is 5.13. The minimum absolute atomic E-state index is 0.787. The molecule has 2 aliphatic rings. The van der Waals surface area contributed by atoms with E-state index in [1.165, 1.54) is 78.0 Å². The number of likely N-dealkylation sites (N-methyl/N-ethyl adjacent to an activating group) is 1. The van der Waals surface area contributed by atoms with E-state index in [0.717, 1.165) is 12.0 Å². The van der Waals surface area contributed by atoms with E-state index in [-0.39, 0.29) is 0 Å². The van der Waals surface area contributed by atoms with E-state index < -0.39 is 0 Å². The van der Waals surface area contributed by atoms with Gasteiger partial charge in [-0.15, -0.1) is 0 Å². The minimum Gasteiger partial charge on any atom is -0.313 e. The maximum Gasteiger partial charge on any atom is 0.0110 e. The van der Waals surface area contributed by atoms with E-state index in [1.807, 2.05) is 0 Å². The van der Waals surface area contributed by atoms with Crippen molar-refractivity contribution in [3.63, 3.8) is 0 Å². The van der Waals surface area contributed by atoms with E-state index in [4.69, 9.17) is 0 Å². The average molecular weight is 297 g/mol. The Kier molecular flexibility index (Phi) is 7.44. The van der Waals surface area contributed by atoms with Crippen molar-refractivity contribution in [3.05, 3.63) is 0 Å². The fraction of sp³-hybridized carbons (Fsp3) is 1.00.